The molecule has 0 saturated heterocycles. The molecule has 0 amide bonds. The van der Waals surface area contributed by atoms with E-state index in [1.54, 1.807) is 0 Å². The van der Waals surface area contributed by atoms with Crippen LogP contribution in [0.2, 0.25) is 0 Å². The standard InChI is InChI=1S/C30H19N2PS/c34-33(20-10-2-1-3-11-20)25-16-6-4-12-21(25)27-23-14-8-18-31-29(23)30-24(15-9-19-32-30)28(27)22-13-5-7-17-26(22)33/h1-19H. The van der Waals surface area contributed by atoms with Gasteiger partial charge >= 0.3 is 0 Å². The molecule has 4 aromatic carbocycles. The Balaban J connectivity index is 1.80. The SMILES string of the molecule is S=P1(c2ccccc2)c2ccccc2-c2c(c3cccnc3c3ncccc23)-c2ccccc21. The molecule has 7 rings (SSSR count). The maximum Gasteiger partial charge on any atom is 0.0971 e. The van der Waals surface area contributed by atoms with E-state index in [9.17, 15) is 0 Å². The predicted octanol–water partition coefficient (Wildman–Crippen LogP) is 6.19. The summed E-state index contributed by atoms with van der Waals surface area (Å²) < 4.78 is 0. The molecule has 2 aromatic heterocycles. The minimum Gasteiger partial charge on any atom is -0.254 e. The third kappa shape index (κ3) is 2.60. The monoisotopic (exact) mass is 470 g/mol. The van der Waals surface area contributed by atoms with Crippen molar-refractivity contribution < 1.29 is 0 Å². The number of pyridine rings is 2. The Morgan fingerprint density at radius 2 is 0.971 bits per heavy atom. The van der Waals surface area contributed by atoms with Gasteiger partial charge in [0.05, 0.1) is 11.0 Å². The highest BCUT2D eigenvalue weighted by Gasteiger charge is 2.35. The highest BCUT2D eigenvalue weighted by molar-refractivity contribution is 8.25. The van der Waals surface area contributed by atoms with Crippen LogP contribution >= 0.6 is 6.04 Å². The molecule has 6 aromatic rings. The molecule has 0 fully saturated rings. The fraction of sp³-hybridized carbons (Fsp3) is 0. The largest absolute Gasteiger partial charge is 0.254 e. The lowest BCUT2D eigenvalue weighted by Crippen LogP contribution is -2.25. The van der Waals surface area contributed by atoms with Gasteiger partial charge in [-0.25, -0.2) is 0 Å². The van der Waals surface area contributed by atoms with Gasteiger partial charge in [-0.1, -0.05) is 103 Å². The summed E-state index contributed by atoms with van der Waals surface area (Å²) in [6.45, 7) is 0. The molecule has 0 N–H and O–H groups in total. The van der Waals surface area contributed by atoms with Gasteiger partial charge in [0.25, 0.3) is 0 Å². The van der Waals surface area contributed by atoms with Crippen molar-refractivity contribution in [3.63, 3.8) is 0 Å². The summed E-state index contributed by atoms with van der Waals surface area (Å²) in [6, 6.07) is 34.2. The normalized spacial score (nSPS) is 13.6. The van der Waals surface area contributed by atoms with Crippen molar-refractivity contribution in [1.82, 2.24) is 9.97 Å². The van der Waals surface area contributed by atoms with E-state index < -0.39 is 6.04 Å². The second-order valence-electron chi connectivity index (χ2n) is 8.53. The van der Waals surface area contributed by atoms with Crippen molar-refractivity contribution in [2.75, 3.05) is 0 Å². The van der Waals surface area contributed by atoms with Gasteiger partial charge in [0.1, 0.15) is 0 Å². The van der Waals surface area contributed by atoms with Crippen LogP contribution in [0.25, 0.3) is 44.1 Å². The molecular formula is C30H19N2PS. The average molecular weight is 471 g/mol. The number of fused-ring (bicyclic) bond motifs is 10. The van der Waals surface area contributed by atoms with Crippen molar-refractivity contribution >= 4 is 55.6 Å². The summed E-state index contributed by atoms with van der Waals surface area (Å²) in [5.74, 6) is 0. The molecule has 0 unspecified atom stereocenters. The Hall–Kier alpha value is -3.65. The van der Waals surface area contributed by atoms with Gasteiger partial charge in [-0.05, 0) is 28.6 Å². The second-order valence-corrected chi connectivity index (χ2v) is 12.9. The van der Waals surface area contributed by atoms with Crippen LogP contribution in [0, 0.1) is 0 Å². The molecule has 0 spiro atoms. The van der Waals surface area contributed by atoms with Crippen LogP contribution in [-0.4, -0.2) is 9.97 Å². The Morgan fingerprint density at radius 3 is 1.50 bits per heavy atom. The summed E-state index contributed by atoms with van der Waals surface area (Å²) >= 11 is 6.79. The van der Waals surface area contributed by atoms with Crippen LogP contribution in [-0.2, 0) is 11.8 Å². The maximum absolute atomic E-state index is 6.79. The van der Waals surface area contributed by atoms with Crippen molar-refractivity contribution in [2.45, 2.75) is 0 Å². The van der Waals surface area contributed by atoms with Crippen LogP contribution in [0.4, 0.5) is 0 Å². The zero-order valence-corrected chi connectivity index (χ0v) is 19.9. The van der Waals surface area contributed by atoms with E-state index >= 15 is 0 Å². The zero-order chi connectivity index (χ0) is 22.7. The van der Waals surface area contributed by atoms with Crippen molar-refractivity contribution in [3.8, 4) is 22.3 Å². The number of hydrogen-bond acceptors (Lipinski definition) is 3. The molecule has 2 nitrogen and oxygen atoms in total. The fourth-order valence-corrected chi connectivity index (χ4v) is 9.76. The number of nitrogens with zero attached hydrogens (tertiary/aromatic N) is 2. The Morgan fingerprint density at radius 1 is 0.500 bits per heavy atom. The first-order valence-corrected chi connectivity index (χ1v) is 14.1. The molecule has 0 saturated carbocycles. The van der Waals surface area contributed by atoms with Gasteiger partial charge in [-0.2, -0.15) is 0 Å². The van der Waals surface area contributed by atoms with Crippen LogP contribution in [0.15, 0.2) is 116 Å². The van der Waals surface area contributed by atoms with Crippen LogP contribution < -0.4 is 15.9 Å². The average Bonchev–Trinajstić information content (AvgIpc) is 3.02. The van der Waals surface area contributed by atoms with E-state index in [1.165, 1.54) is 38.2 Å². The molecule has 34 heavy (non-hydrogen) atoms. The predicted molar refractivity (Wildman–Crippen MR) is 148 cm³/mol. The summed E-state index contributed by atoms with van der Waals surface area (Å²) in [5.41, 5.74) is 6.66. The molecular weight excluding hydrogens is 451 g/mol. The highest BCUT2D eigenvalue weighted by atomic mass is 32.4. The van der Waals surface area contributed by atoms with Gasteiger partial charge in [0.15, 0.2) is 0 Å². The molecule has 0 bridgehead atoms. The number of rotatable bonds is 1. The van der Waals surface area contributed by atoms with Crippen molar-refractivity contribution in [3.05, 3.63) is 116 Å². The second kappa shape index (κ2) is 7.43. The molecule has 0 radical (unpaired) electrons. The van der Waals surface area contributed by atoms with Crippen LogP contribution in [0.5, 0.6) is 0 Å². The minimum absolute atomic E-state index is 0.930. The third-order valence-electron chi connectivity index (χ3n) is 6.77. The summed E-state index contributed by atoms with van der Waals surface area (Å²) in [5, 5.41) is 5.90. The van der Waals surface area contributed by atoms with Crippen molar-refractivity contribution in [2.24, 2.45) is 0 Å². The smallest absolute Gasteiger partial charge is 0.0971 e. The lowest BCUT2D eigenvalue weighted by molar-refractivity contribution is 1.37. The summed E-state index contributed by atoms with van der Waals surface area (Å²) in [7, 11) is 0. The van der Waals surface area contributed by atoms with E-state index in [0.717, 1.165) is 21.8 Å². The number of hydrogen-bond donors (Lipinski definition) is 0. The van der Waals surface area contributed by atoms with Gasteiger partial charge in [-0.15, -0.1) is 0 Å². The number of benzene rings is 4. The summed E-state index contributed by atoms with van der Waals surface area (Å²) in [6.07, 6.45) is 3.71. The van der Waals surface area contributed by atoms with Gasteiger partial charge in [0, 0.05) is 50.9 Å². The van der Waals surface area contributed by atoms with E-state index in [4.69, 9.17) is 21.8 Å². The minimum atomic E-state index is -2.34. The topological polar surface area (TPSA) is 25.8 Å². The molecule has 3 heterocycles. The van der Waals surface area contributed by atoms with E-state index in [1.807, 2.05) is 24.5 Å². The molecule has 1 aliphatic rings. The Labute approximate surface area is 203 Å². The first kappa shape index (κ1) is 19.8. The van der Waals surface area contributed by atoms with E-state index in [-0.39, 0.29) is 0 Å². The van der Waals surface area contributed by atoms with E-state index in [0.29, 0.717) is 0 Å². The Bertz CT molecular complexity index is 1680. The van der Waals surface area contributed by atoms with Gasteiger partial charge < -0.3 is 0 Å². The van der Waals surface area contributed by atoms with E-state index in [2.05, 4.69) is 91.0 Å². The molecule has 0 atom stereocenters. The third-order valence-corrected chi connectivity index (χ3v) is 11.7. The lowest BCUT2D eigenvalue weighted by Gasteiger charge is -2.26. The molecule has 1 aliphatic heterocycles. The molecule has 160 valence electrons. The maximum atomic E-state index is 6.79. The Kier molecular flexibility index (Phi) is 4.32. The van der Waals surface area contributed by atoms with Crippen LogP contribution in [0.1, 0.15) is 0 Å². The zero-order valence-electron chi connectivity index (χ0n) is 18.2. The quantitative estimate of drug-likeness (QED) is 0.211. The summed E-state index contributed by atoms with van der Waals surface area (Å²) in [4.78, 5) is 9.58. The highest BCUT2D eigenvalue weighted by Crippen LogP contribution is 2.54. The first-order chi connectivity index (χ1) is 16.8. The molecule has 0 aliphatic carbocycles. The first-order valence-electron chi connectivity index (χ1n) is 11.3. The van der Waals surface area contributed by atoms with Crippen LogP contribution in [0.3, 0.4) is 0 Å². The lowest BCUT2D eigenvalue weighted by atomic mass is 9.88. The van der Waals surface area contributed by atoms with Gasteiger partial charge in [0.2, 0.25) is 0 Å². The number of aromatic nitrogens is 2. The fourth-order valence-electron chi connectivity index (χ4n) is 5.39. The molecule has 4 heteroatoms. The van der Waals surface area contributed by atoms with Gasteiger partial charge in [-0.3, -0.25) is 9.97 Å². The van der Waals surface area contributed by atoms with Crippen molar-refractivity contribution in [1.29, 1.82) is 0 Å².